The van der Waals surface area contributed by atoms with Crippen LogP contribution in [0.15, 0.2) is 0 Å². The largest absolute Gasteiger partial charge is 0.481 e. The number of aliphatic carboxylic acids is 2. The van der Waals surface area contributed by atoms with Gasteiger partial charge in [-0.2, -0.15) is 0 Å². The molecule has 0 spiro atoms. The Labute approximate surface area is 118 Å². The van der Waals surface area contributed by atoms with Crippen molar-refractivity contribution in [3.05, 3.63) is 0 Å². The van der Waals surface area contributed by atoms with Crippen LogP contribution < -0.4 is 0 Å². The topological polar surface area (TPSA) is 98.1 Å². The fourth-order valence-corrected chi connectivity index (χ4v) is 2.22. The van der Waals surface area contributed by atoms with Crippen LogP contribution in [-0.4, -0.2) is 70.1 Å². The summed E-state index contributed by atoms with van der Waals surface area (Å²) in [5.74, 6) is -2.18. The molecule has 1 unspecified atom stereocenters. The molecule has 0 aromatic rings. The van der Waals surface area contributed by atoms with Gasteiger partial charge in [-0.15, -0.1) is 0 Å². The van der Waals surface area contributed by atoms with Gasteiger partial charge in [-0.1, -0.05) is 0 Å². The van der Waals surface area contributed by atoms with E-state index in [0.717, 1.165) is 19.3 Å². The van der Waals surface area contributed by atoms with Gasteiger partial charge < -0.3 is 15.1 Å². The Bertz CT molecular complexity index is 366. The highest BCUT2D eigenvalue weighted by atomic mass is 16.4. The third-order valence-electron chi connectivity index (χ3n) is 3.57. The van der Waals surface area contributed by atoms with E-state index in [-0.39, 0.29) is 25.4 Å². The van der Waals surface area contributed by atoms with Crippen LogP contribution in [0.1, 0.15) is 32.6 Å². The normalized spacial score (nSPS) is 17.0. The number of piperidine rings is 1. The maximum absolute atomic E-state index is 12.1. The maximum atomic E-state index is 12.1. The van der Waals surface area contributed by atoms with Crippen LogP contribution in [0, 0.1) is 0 Å². The predicted molar refractivity (Wildman–Crippen MR) is 71.4 cm³/mol. The molecule has 1 aliphatic rings. The molecule has 1 amide bonds. The highest BCUT2D eigenvalue weighted by molar-refractivity contribution is 5.80. The van der Waals surface area contributed by atoms with Crippen LogP contribution in [-0.2, 0) is 14.4 Å². The van der Waals surface area contributed by atoms with Crippen LogP contribution in [0.4, 0.5) is 0 Å². The first kappa shape index (κ1) is 16.4. The number of carboxylic acids is 2. The van der Waals surface area contributed by atoms with E-state index in [0.29, 0.717) is 13.1 Å². The Balaban J connectivity index is 2.59. The zero-order chi connectivity index (χ0) is 15.1. The number of rotatable bonds is 7. The number of amides is 1. The standard InChI is InChI=1S/C13H22N2O5/c1-10(13(19)20)15(8-5-12(17)18)9-11(16)14-6-3-2-4-7-14/h10H,2-9H2,1H3,(H,17,18)(H,19,20). The fraction of sp³-hybridized carbons (Fsp3) is 0.769. The number of carbonyl (C=O) groups is 3. The maximum Gasteiger partial charge on any atom is 0.320 e. The van der Waals surface area contributed by atoms with Crippen molar-refractivity contribution in [2.24, 2.45) is 0 Å². The molecule has 1 rings (SSSR count). The summed E-state index contributed by atoms with van der Waals surface area (Å²) >= 11 is 0. The molecule has 20 heavy (non-hydrogen) atoms. The summed E-state index contributed by atoms with van der Waals surface area (Å²) in [6.07, 6.45) is 2.87. The smallest absolute Gasteiger partial charge is 0.320 e. The fourth-order valence-electron chi connectivity index (χ4n) is 2.22. The van der Waals surface area contributed by atoms with Gasteiger partial charge in [-0.3, -0.25) is 19.3 Å². The summed E-state index contributed by atoms with van der Waals surface area (Å²) in [6, 6.07) is -0.872. The first-order chi connectivity index (χ1) is 9.41. The molecule has 0 bridgehead atoms. The molecule has 0 aromatic carbocycles. The van der Waals surface area contributed by atoms with E-state index in [1.165, 1.54) is 11.8 Å². The molecule has 0 aromatic heterocycles. The van der Waals surface area contributed by atoms with E-state index in [1.54, 1.807) is 4.90 Å². The molecule has 0 radical (unpaired) electrons. The average molecular weight is 286 g/mol. The van der Waals surface area contributed by atoms with E-state index in [4.69, 9.17) is 10.2 Å². The Morgan fingerprint density at radius 3 is 2.25 bits per heavy atom. The highest BCUT2D eigenvalue weighted by Gasteiger charge is 2.26. The molecule has 1 fully saturated rings. The van der Waals surface area contributed by atoms with Crippen molar-refractivity contribution in [1.29, 1.82) is 0 Å². The second-order valence-electron chi connectivity index (χ2n) is 5.07. The number of hydrogen-bond acceptors (Lipinski definition) is 4. The minimum atomic E-state index is -1.05. The van der Waals surface area contributed by atoms with Crippen LogP contribution in [0.3, 0.4) is 0 Å². The lowest BCUT2D eigenvalue weighted by Crippen LogP contribution is -2.48. The monoisotopic (exact) mass is 286 g/mol. The lowest BCUT2D eigenvalue weighted by Gasteiger charge is -2.31. The summed E-state index contributed by atoms with van der Waals surface area (Å²) in [6.45, 7) is 2.89. The Morgan fingerprint density at radius 2 is 1.75 bits per heavy atom. The number of hydrogen-bond donors (Lipinski definition) is 2. The molecule has 1 saturated heterocycles. The molecule has 7 heteroatoms. The van der Waals surface area contributed by atoms with Crippen molar-refractivity contribution in [3.63, 3.8) is 0 Å². The summed E-state index contributed by atoms with van der Waals surface area (Å²) in [5.41, 5.74) is 0. The molecule has 2 N–H and O–H groups in total. The molecule has 114 valence electrons. The van der Waals surface area contributed by atoms with Crippen LogP contribution in [0.5, 0.6) is 0 Å². The lowest BCUT2D eigenvalue weighted by atomic mass is 10.1. The van der Waals surface area contributed by atoms with E-state index < -0.39 is 18.0 Å². The summed E-state index contributed by atoms with van der Waals surface area (Å²) in [5, 5.41) is 17.7. The highest BCUT2D eigenvalue weighted by Crippen LogP contribution is 2.10. The van der Waals surface area contributed by atoms with Gasteiger partial charge in [-0.25, -0.2) is 0 Å². The molecule has 1 atom stereocenters. The zero-order valence-electron chi connectivity index (χ0n) is 11.7. The zero-order valence-corrected chi connectivity index (χ0v) is 11.7. The van der Waals surface area contributed by atoms with E-state index in [1.807, 2.05) is 0 Å². The number of carbonyl (C=O) groups excluding carboxylic acids is 1. The van der Waals surface area contributed by atoms with Gasteiger partial charge in [0.25, 0.3) is 0 Å². The Kier molecular flexibility index (Phi) is 6.44. The van der Waals surface area contributed by atoms with Gasteiger partial charge in [0.2, 0.25) is 5.91 Å². The molecule has 1 aliphatic heterocycles. The van der Waals surface area contributed by atoms with Crippen molar-refractivity contribution < 1.29 is 24.6 Å². The molecular weight excluding hydrogens is 264 g/mol. The minimum absolute atomic E-state index is 0.0409. The number of nitrogens with zero attached hydrogens (tertiary/aromatic N) is 2. The molecular formula is C13H22N2O5. The quantitative estimate of drug-likeness (QED) is 0.696. The average Bonchev–Trinajstić information content (AvgIpc) is 2.43. The van der Waals surface area contributed by atoms with Gasteiger partial charge >= 0.3 is 11.9 Å². The molecule has 1 heterocycles. The van der Waals surface area contributed by atoms with Crippen molar-refractivity contribution in [2.75, 3.05) is 26.2 Å². The molecule has 7 nitrogen and oxygen atoms in total. The van der Waals surface area contributed by atoms with E-state index in [2.05, 4.69) is 0 Å². The van der Waals surface area contributed by atoms with Gasteiger partial charge in [0.15, 0.2) is 0 Å². The van der Waals surface area contributed by atoms with Crippen molar-refractivity contribution >= 4 is 17.8 Å². The SMILES string of the molecule is CC(C(=O)O)N(CCC(=O)O)CC(=O)N1CCCCC1. The van der Waals surface area contributed by atoms with Crippen LogP contribution in [0.2, 0.25) is 0 Å². The summed E-state index contributed by atoms with van der Waals surface area (Å²) in [4.78, 5) is 36.9. The van der Waals surface area contributed by atoms with E-state index >= 15 is 0 Å². The minimum Gasteiger partial charge on any atom is -0.481 e. The predicted octanol–water partition coefficient (Wildman–Crippen LogP) is 0.249. The van der Waals surface area contributed by atoms with E-state index in [9.17, 15) is 14.4 Å². The van der Waals surface area contributed by atoms with Gasteiger partial charge in [-0.05, 0) is 26.2 Å². The van der Waals surface area contributed by atoms with Crippen molar-refractivity contribution in [1.82, 2.24) is 9.80 Å². The summed E-state index contributed by atoms with van der Waals surface area (Å²) < 4.78 is 0. The first-order valence-electron chi connectivity index (χ1n) is 6.88. The van der Waals surface area contributed by atoms with Gasteiger partial charge in [0.05, 0.1) is 13.0 Å². The van der Waals surface area contributed by atoms with Gasteiger partial charge in [0.1, 0.15) is 6.04 Å². The molecule has 0 saturated carbocycles. The third-order valence-corrected chi connectivity index (χ3v) is 3.57. The molecule has 0 aliphatic carbocycles. The van der Waals surface area contributed by atoms with Crippen molar-refractivity contribution in [3.8, 4) is 0 Å². The van der Waals surface area contributed by atoms with Crippen molar-refractivity contribution in [2.45, 2.75) is 38.6 Å². The van der Waals surface area contributed by atoms with Crippen LogP contribution in [0.25, 0.3) is 0 Å². The van der Waals surface area contributed by atoms with Crippen LogP contribution >= 0.6 is 0 Å². The van der Waals surface area contributed by atoms with Gasteiger partial charge in [0, 0.05) is 19.6 Å². The Morgan fingerprint density at radius 1 is 1.15 bits per heavy atom. The second kappa shape index (κ2) is 7.84. The third kappa shape index (κ3) is 5.16. The number of likely N-dealkylation sites (tertiary alicyclic amines) is 1. The second-order valence-corrected chi connectivity index (χ2v) is 5.07. The first-order valence-corrected chi connectivity index (χ1v) is 6.88. The summed E-state index contributed by atoms with van der Waals surface area (Å²) in [7, 11) is 0. The number of carboxylic acid groups (broad SMARTS) is 2. The lowest BCUT2D eigenvalue weighted by molar-refractivity contribution is -0.146. The Hall–Kier alpha value is -1.63.